The number of thioether (sulfide) groups is 1. The number of nitrogens with zero attached hydrogens (tertiary/aromatic N) is 2. The normalized spacial score (nSPS) is 17.6. The van der Waals surface area contributed by atoms with Gasteiger partial charge in [-0.3, -0.25) is 9.59 Å². The quantitative estimate of drug-likeness (QED) is 0.661. The van der Waals surface area contributed by atoms with Gasteiger partial charge in [0.25, 0.3) is 5.91 Å². The van der Waals surface area contributed by atoms with Crippen molar-refractivity contribution < 1.29 is 23.5 Å². The number of nitrogens with one attached hydrogen (secondary N) is 2. The van der Waals surface area contributed by atoms with E-state index in [1.807, 2.05) is 0 Å². The second kappa shape index (κ2) is 9.48. The summed E-state index contributed by atoms with van der Waals surface area (Å²) in [7, 11) is 0. The van der Waals surface area contributed by atoms with Crippen LogP contribution in [0.25, 0.3) is 0 Å². The van der Waals surface area contributed by atoms with E-state index in [0.717, 1.165) is 36.5 Å². The standard InChI is InChI=1S/C20H23FN4O4S/c21-15-5-1-2-6-17(15)29-10-19(27)23-20-14-11-30-12-16(14)24-25(20)9-18(26)22-8-13-4-3-7-28-13/h1-2,5-6,13H,3-4,7-12H2,(H,22,26)(H,23,27). The van der Waals surface area contributed by atoms with Crippen LogP contribution < -0.4 is 15.4 Å². The molecule has 1 atom stereocenters. The predicted octanol–water partition coefficient (Wildman–Crippen LogP) is 2.08. The first-order chi connectivity index (χ1) is 14.6. The Morgan fingerprint density at radius 2 is 2.17 bits per heavy atom. The van der Waals surface area contributed by atoms with Crippen LogP contribution in [0.3, 0.4) is 0 Å². The second-order valence-electron chi connectivity index (χ2n) is 7.13. The van der Waals surface area contributed by atoms with Crippen LogP contribution in [0, 0.1) is 5.82 Å². The fourth-order valence-electron chi connectivity index (χ4n) is 3.42. The third kappa shape index (κ3) is 4.93. The van der Waals surface area contributed by atoms with E-state index in [0.29, 0.717) is 18.1 Å². The summed E-state index contributed by atoms with van der Waals surface area (Å²) in [4.78, 5) is 24.8. The molecule has 2 amide bonds. The van der Waals surface area contributed by atoms with Crippen LogP contribution in [0.2, 0.25) is 0 Å². The second-order valence-corrected chi connectivity index (χ2v) is 8.12. The molecule has 3 heterocycles. The van der Waals surface area contributed by atoms with Gasteiger partial charge in [-0.25, -0.2) is 9.07 Å². The number of carbonyl (C=O) groups excluding carboxylic acids is 2. The van der Waals surface area contributed by atoms with Gasteiger partial charge in [-0.15, -0.1) is 0 Å². The maximum atomic E-state index is 13.7. The van der Waals surface area contributed by atoms with E-state index in [2.05, 4.69) is 15.7 Å². The van der Waals surface area contributed by atoms with Crippen molar-refractivity contribution in [1.82, 2.24) is 15.1 Å². The molecular formula is C20H23FN4O4S. The number of ether oxygens (including phenoxy) is 2. The molecule has 1 aromatic heterocycles. The third-order valence-electron chi connectivity index (χ3n) is 4.92. The number of hydrogen-bond acceptors (Lipinski definition) is 6. The molecule has 0 radical (unpaired) electrons. The highest BCUT2D eigenvalue weighted by Gasteiger charge is 2.25. The number of halogens is 1. The lowest BCUT2D eigenvalue weighted by Gasteiger charge is -2.13. The van der Waals surface area contributed by atoms with Gasteiger partial charge >= 0.3 is 0 Å². The molecular weight excluding hydrogens is 411 g/mol. The minimum absolute atomic E-state index is 0.00578. The molecule has 1 unspecified atom stereocenters. The fraction of sp³-hybridized carbons (Fsp3) is 0.450. The predicted molar refractivity (Wildman–Crippen MR) is 110 cm³/mol. The van der Waals surface area contributed by atoms with E-state index in [1.54, 1.807) is 23.9 Å². The van der Waals surface area contributed by atoms with Crippen molar-refractivity contribution in [3.8, 4) is 5.75 Å². The fourth-order valence-corrected chi connectivity index (χ4v) is 4.45. The number of benzene rings is 1. The highest BCUT2D eigenvalue weighted by atomic mass is 32.2. The number of rotatable bonds is 8. The van der Waals surface area contributed by atoms with E-state index < -0.39 is 11.7 Å². The molecule has 2 aromatic rings. The molecule has 4 rings (SSSR count). The summed E-state index contributed by atoms with van der Waals surface area (Å²) in [5, 5.41) is 10.1. The monoisotopic (exact) mass is 434 g/mol. The Morgan fingerprint density at radius 1 is 1.30 bits per heavy atom. The van der Waals surface area contributed by atoms with Crippen LogP contribution >= 0.6 is 11.8 Å². The minimum Gasteiger partial charge on any atom is -0.481 e. The van der Waals surface area contributed by atoms with Crippen molar-refractivity contribution in [2.24, 2.45) is 0 Å². The summed E-state index contributed by atoms with van der Waals surface area (Å²) < 4.78 is 26.0. The van der Waals surface area contributed by atoms with Crippen molar-refractivity contribution in [2.45, 2.75) is 37.0 Å². The summed E-state index contributed by atoms with van der Waals surface area (Å²) in [5.74, 6) is 0.761. The van der Waals surface area contributed by atoms with Gasteiger partial charge in [-0.2, -0.15) is 16.9 Å². The molecule has 0 aliphatic carbocycles. The molecule has 10 heteroatoms. The van der Waals surface area contributed by atoms with Gasteiger partial charge in [-0.05, 0) is 25.0 Å². The van der Waals surface area contributed by atoms with Crippen LogP contribution in [0.4, 0.5) is 10.2 Å². The van der Waals surface area contributed by atoms with Crippen molar-refractivity contribution in [3.63, 3.8) is 0 Å². The van der Waals surface area contributed by atoms with Crippen molar-refractivity contribution in [3.05, 3.63) is 41.3 Å². The highest BCUT2D eigenvalue weighted by molar-refractivity contribution is 7.98. The molecule has 2 N–H and O–H groups in total. The Morgan fingerprint density at radius 3 is 2.97 bits per heavy atom. The van der Waals surface area contributed by atoms with E-state index in [4.69, 9.17) is 9.47 Å². The average molecular weight is 434 g/mol. The number of amides is 2. The van der Waals surface area contributed by atoms with Crippen molar-refractivity contribution in [1.29, 1.82) is 0 Å². The largest absolute Gasteiger partial charge is 0.481 e. The first kappa shape index (κ1) is 20.7. The smallest absolute Gasteiger partial charge is 0.263 e. The molecule has 0 bridgehead atoms. The van der Waals surface area contributed by atoms with E-state index in [-0.39, 0.29) is 30.9 Å². The molecule has 8 nitrogen and oxygen atoms in total. The molecule has 1 saturated heterocycles. The van der Waals surface area contributed by atoms with Gasteiger partial charge in [-0.1, -0.05) is 12.1 Å². The van der Waals surface area contributed by atoms with Crippen LogP contribution in [-0.2, 0) is 32.4 Å². The Labute approximate surface area is 177 Å². The number of anilines is 1. The van der Waals surface area contributed by atoms with Gasteiger partial charge < -0.3 is 20.1 Å². The lowest BCUT2D eigenvalue weighted by Crippen LogP contribution is -2.35. The van der Waals surface area contributed by atoms with E-state index >= 15 is 0 Å². The molecule has 160 valence electrons. The molecule has 30 heavy (non-hydrogen) atoms. The SMILES string of the molecule is O=C(Cn1nc2c(c1NC(=O)COc1ccccc1F)CSC2)NCC1CCCO1. The summed E-state index contributed by atoms with van der Waals surface area (Å²) in [5.41, 5.74) is 1.77. The molecule has 1 fully saturated rings. The van der Waals surface area contributed by atoms with Gasteiger partial charge in [0.2, 0.25) is 5.91 Å². The zero-order valence-electron chi connectivity index (χ0n) is 16.4. The maximum absolute atomic E-state index is 13.7. The van der Waals surface area contributed by atoms with Gasteiger partial charge in [0, 0.05) is 30.2 Å². The van der Waals surface area contributed by atoms with E-state index in [9.17, 15) is 14.0 Å². The zero-order valence-corrected chi connectivity index (χ0v) is 17.2. The Hall–Kier alpha value is -2.59. The number of fused-ring (bicyclic) bond motifs is 1. The molecule has 0 spiro atoms. The maximum Gasteiger partial charge on any atom is 0.263 e. The average Bonchev–Trinajstić information content (AvgIpc) is 3.46. The Bertz CT molecular complexity index is 930. The lowest BCUT2D eigenvalue weighted by atomic mass is 10.2. The number of hydrogen-bond donors (Lipinski definition) is 2. The van der Waals surface area contributed by atoms with Crippen molar-refractivity contribution in [2.75, 3.05) is 25.1 Å². The number of aromatic nitrogens is 2. The van der Waals surface area contributed by atoms with Gasteiger partial charge in [0.15, 0.2) is 18.2 Å². The van der Waals surface area contributed by atoms with Crippen LogP contribution in [0.5, 0.6) is 5.75 Å². The van der Waals surface area contributed by atoms with Crippen LogP contribution in [0.1, 0.15) is 24.1 Å². The minimum atomic E-state index is -0.532. The lowest BCUT2D eigenvalue weighted by molar-refractivity contribution is -0.122. The molecule has 2 aliphatic rings. The zero-order chi connectivity index (χ0) is 20.9. The molecule has 2 aliphatic heterocycles. The topological polar surface area (TPSA) is 94.5 Å². The molecule has 1 aromatic carbocycles. The summed E-state index contributed by atoms with van der Waals surface area (Å²) in [6, 6.07) is 5.90. The Balaban J connectivity index is 1.37. The van der Waals surface area contributed by atoms with E-state index in [1.165, 1.54) is 16.8 Å². The summed E-state index contributed by atoms with van der Waals surface area (Å²) >= 11 is 1.69. The summed E-state index contributed by atoms with van der Waals surface area (Å²) in [6.07, 6.45) is 2.01. The third-order valence-corrected chi connectivity index (χ3v) is 5.89. The van der Waals surface area contributed by atoms with Gasteiger partial charge in [0.1, 0.15) is 12.4 Å². The Kier molecular flexibility index (Phi) is 6.53. The van der Waals surface area contributed by atoms with Gasteiger partial charge in [0.05, 0.1) is 11.8 Å². The molecule has 0 saturated carbocycles. The van der Waals surface area contributed by atoms with Crippen molar-refractivity contribution >= 4 is 29.4 Å². The highest BCUT2D eigenvalue weighted by Crippen LogP contribution is 2.34. The van der Waals surface area contributed by atoms with Crippen LogP contribution in [0.15, 0.2) is 24.3 Å². The number of carbonyl (C=O) groups is 2. The summed E-state index contributed by atoms with van der Waals surface area (Å²) in [6.45, 7) is 0.844. The first-order valence-corrected chi connectivity index (χ1v) is 11.0. The number of para-hydroxylation sites is 1. The first-order valence-electron chi connectivity index (χ1n) is 9.82. The van der Waals surface area contributed by atoms with Crippen LogP contribution in [-0.4, -0.2) is 47.5 Å².